The zero-order chi connectivity index (χ0) is 25.7. The van der Waals surface area contributed by atoms with Crippen LogP contribution < -0.4 is 9.47 Å². The number of rotatable bonds is 8. The van der Waals surface area contributed by atoms with Crippen LogP contribution in [0.25, 0.3) is 6.08 Å². The first kappa shape index (κ1) is 26.9. The van der Waals surface area contributed by atoms with E-state index in [2.05, 4.69) is 6.58 Å². The molecule has 0 radical (unpaired) electrons. The summed E-state index contributed by atoms with van der Waals surface area (Å²) in [4.78, 5) is 26.4. The van der Waals surface area contributed by atoms with Crippen LogP contribution in [0.3, 0.4) is 0 Å². The van der Waals surface area contributed by atoms with Gasteiger partial charge in [-0.3, -0.25) is 9.59 Å². The molecule has 5 nitrogen and oxygen atoms in total. The number of hydrogen-bond acceptors (Lipinski definition) is 4. The van der Waals surface area contributed by atoms with Crippen molar-refractivity contribution in [3.05, 3.63) is 77.4 Å². The third kappa shape index (κ3) is 7.91. The van der Waals surface area contributed by atoms with Crippen LogP contribution in [-0.4, -0.2) is 41.9 Å². The summed E-state index contributed by atoms with van der Waals surface area (Å²) < 4.78 is 12.4. The lowest BCUT2D eigenvalue weighted by atomic mass is 10.0. The minimum absolute atomic E-state index is 0.106. The first-order valence-electron chi connectivity index (χ1n) is 11.4. The Balaban J connectivity index is 2.43. The van der Waals surface area contributed by atoms with Crippen molar-refractivity contribution in [3.63, 3.8) is 0 Å². The molecular formula is C29H37NO4. The van der Waals surface area contributed by atoms with Gasteiger partial charge in [-0.15, -0.1) is 6.58 Å². The molecule has 1 amide bonds. The van der Waals surface area contributed by atoms with Crippen LogP contribution in [0.4, 0.5) is 0 Å². The van der Waals surface area contributed by atoms with Crippen molar-refractivity contribution in [2.45, 2.75) is 59.2 Å². The van der Waals surface area contributed by atoms with E-state index in [1.807, 2.05) is 59.8 Å². The Labute approximate surface area is 204 Å². The smallest absolute Gasteiger partial charge is 0.253 e. The SMILES string of the molecule is C=CCc1cc(/C=C\C(=O)c2ccc(C(=O)N(C)C)cc2)c(OC(C)(C)C)cc1OC(C)(C)C. The predicted octanol–water partition coefficient (Wildman–Crippen LogP) is 6.37. The normalized spacial score (nSPS) is 11.9. The lowest BCUT2D eigenvalue weighted by Crippen LogP contribution is -2.25. The van der Waals surface area contributed by atoms with Gasteiger partial charge in [0, 0.05) is 36.9 Å². The molecule has 0 aromatic heterocycles. The maximum atomic E-state index is 12.8. The quantitative estimate of drug-likeness (QED) is 0.259. The number of amides is 1. The Morgan fingerprint density at radius 2 is 1.41 bits per heavy atom. The molecule has 182 valence electrons. The third-order valence-electron chi connectivity index (χ3n) is 4.63. The average molecular weight is 464 g/mol. The summed E-state index contributed by atoms with van der Waals surface area (Å²) in [7, 11) is 3.39. The van der Waals surface area contributed by atoms with E-state index in [4.69, 9.17) is 9.47 Å². The van der Waals surface area contributed by atoms with Crippen molar-refractivity contribution in [1.29, 1.82) is 0 Å². The topological polar surface area (TPSA) is 55.8 Å². The Morgan fingerprint density at radius 3 is 1.91 bits per heavy atom. The van der Waals surface area contributed by atoms with Gasteiger partial charge in [0.2, 0.25) is 0 Å². The van der Waals surface area contributed by atoms with Gasteiger partial charge in [-0.2, -0.15) is 0 Å². The minimum Gasteiger partial charge on any atom is -0.488 e. The van der Waals surface area contributed by atoms with Gasteiger partial charge >= 0.3 is 0 Å². The molecule has 0 aliphatic heterocycles. The predicted molar refractivity (Wildman–Crippen MR) is 139 cm³/mol. The molecule has 5 heteroatoms. The number of carbonyl (C=O) groups excluding carboxylic acids is 2. The molecule has 0 heterocycles. The molecule has 0 fully saturated rings. The van der Waals surface area contributed by atoms with Crippen molar-refractivity contribution < 1.29 is 19.1 Å². The van der Waals surface area contributed by atoms with E-state index in [0.717, 1.165) is 16.9 Å². The van der Waals surface area contributed by atoms with E-state index in [-0.39, 0.29) is 17.3 Å². The molecule has 2 rings (SSSR count). The molecule has 2 aromatic carbocycles. The van der Waals surface area contributed by atoms with Crippen LogP contribution in [-0.2, 0) is 6.42 Å². The van der Waals surface area contributed by atoms with Gasteiger partial charge in [-0.05, 0) is 83.9 Å². The average Bonchev–Trinajstić information content (AvgIpc) is 2.71. The largest absolute Gasteiger partial charge is 0.488 e. The van der Waals surface area contributed by atoms with Crippen LogP contribution in [0, 0.1) is 0 Å². The van der Waals surface area contributed by atoms with Crippen molar-refractivity contribution in [2.24, 2.45) is 0 Å². The van der Waals surface area contributed by atoms with Gasteiger partial charge in [0.05, 0.1) is 0 Å². The molecule has 0 unspecified atom stereocenters. The molecule has 2 aromatic rings. The fraction of sp³-hybridized carbons (Fsp3) is 0.379. The van der Waals surface area contributed by atoms with Crippen LogP contribution in [0.5, 0.6) is 11.5 Å². The molecular weight excluding hydrogens is 426 g/mol. The first-order valence-corrected chi connectivity index (χ1v) is 11.4. The summed E-state index contributed by atoms with van der Waals surface area (Å²) in [6.45, 7) is 15.8. The van der Waals surface area contributed by atoms with E-state index < -0.39 is 5.60 Å². The van der Waals surface area contributed by atoms with Gasteiger partial charge in [0.25, 0.3) is 5.91 Å². The second-order valence-corrected chi connectivity index (χ2v) is 10.4. The van der Waals surface area contributed by atoms with E-state index in [0.29, 0.717) is 23.3 Å². The summed E-state index contributed by atoms with van der Waals surface area (Å²) in [5.74, 6) is 1.10. The Bertz CT molecular complexity index is 1070. The van der Waals surface area contributed by atoms with Crippen LogP contribution >= 0.6 is 0 Å². The number of benzene rings is 2. The van der Waals surface area contributed by atoms with E-state index in [9.17, 15) is 9.59 Å². The van der Waals surface area contributed by atoms with Crippen molar-refractivity contribution in [3.8, 4) is 11.5 Å². The second-order valence-electron chi connectivity index (χ2n) is 10.4. The summed E-state index contributed by atoms with van der Waals surface area (Å²) in [5, 5.41) is 0. The number of allylic oxidation sites excluding steroid dienone is 2. The monoisotopic (exact) mass is 463 g/mol. The van der Waals surface area contributed by atoms with Crippen molar-refractivity contribution in [1.82, 2.24) is 4.90 Å². The summed E-state index contributed by atoms with van der Waals surface area (Å²) in [6.07, 6.45) is 5.73. The molecule has 0 atom stereocenters. The maximum Gasteiger partial charge on any atom is 0.253 e. The lowest BCUT2D eigenvalue weighted by molar-refractivity contribution is 0.0827. The van der Waals surface area contributed by atoms with E-state index in [1.165, 1.54) is 11.0 Å². The van der Waals surface area contributed by atoms with E-state index >= 15 is 0 Å². The Hall–Kier alpha value is -3.34. The molecule has 0 N–H and O–H groups in total. The standard InChI is InChI=1S/C29H37NO4/c1-10-11-22-18-23(26(34-29(5,6)7)19-25(22)33-28(2,3)4)16-17-24(31)20-12-14-21(15-13-20)27(32)30(8)9/h10,12-19H,1,11H2,2-9H3/b17-16-. The maximum absolute atomic E-state index is 12.8. The second kappa shape index (κ2) is 10.7. The van der Waals surface area contributed by atoms with Gasteiger partial charge in [0.15, 0.2) is 5.78 Å². The molecule has 0 aliphatic rings. The summed E-state index contributed by atoms with van der Waals surface area (Å²) >= 11 is 0. The highest BCUT2D eigenvalue weighted by molar-refractivity contribution is 6.07. The van der Waals surface area contributed by atoms with Crippen molar-refractivity contribution in [2.75, 3.05) is 14.1 Å². The zero-order valence-corrected chi connectivity index (χ0v) is 21.7. The molecule has 0 spiro atoms. The van der Waals surface area contributed by atoms with Gasteiger partial charge in [0.1, 0.15) is 22.7 Å². The number of ketones is 1. The minimum atomic E-state index is -0.430. The highest BCUT2D eigenvalue weighted by Crippen LogP contribution is 2.35. The number of ether oxygens (including phenoxy) is 2. The summed E-state index contributed by atoms with van der Waals surface area (Å²) in [5.41, 5.74) is 1.98. The fourth-order valence-corrected chi connectivity index (χ4v) is 3.21. The molecule has 0 saturated carbocycles. The zero-order valence-electron chi connectivity index (χ0n) is 21.7. The van der Waals surface area contributed by atoms with Gasteiger partial charge < -0.3 is 14.4 Å². The van der Waals surface area contributed by atoms with Crippen molar-refractivity contribution >= 4 is 17.8 Å². The number of carbonyl (C=O) groups is 2. The van der Waals surface area contributed by atoms with Crippen LogP contribution in [0.1, 0.15) is 73.4 Å². The molecule has 0 aliphatic carbocycles. The Kier molecular flexibility index (Phi) is 8.49. The van der Waals surface area contributed by atoms with Gasteiger partial charge in [-0.25, -0.2) is 0 Å². The highest BCUT2D eigenvalue weighted by Gasteiger charge is 2.20. The van der Waals surface area contributed by atoms with Crippen LogP contribution in [0.15, 0.2) is 55.1 Å². The summed E-state index contributed by atoms with van der Waals surface area (Å²) in [6, 6.07) is 10.5. The van der Waals surface area contributed by atoms with Crippen LogP contribution in [0.2, 0.25) is 0 Å². The molecule has 0 saturated heterocycles. The first-order chi connectivity index (χ1) is 15.7. The fourth-order valence-electron chi connectivity index (χ4n) is 3.21. The number of hydrogen-bond donors (Lipinski definition) is 0. The molecule has 0 bridgehead atoms. The molecule has 34 heavy (non-hydrogen) atoms. The third-order valence-corrected chi connectivity index (χ3v) is 4.63. The lowest BCUT2D eigenvalue weighted by Gasteiger charge is -2.27. The highest BCUT2D eigenvalue weighted by atomic mass is 16.5. The number of nitrogens with zero attached hydrogens (tertiary/aromatic N) is 1. The Morgan fingerprint density at radius 1 is 0.882 bits per heavy atom. The van der Waals surface area contributed by atoms with E-state index in [1.54, 1.807) is 44.4 Å². The van der Waals surface area contributed by atoms with Gasteiger partial charge in [-0.1, -0.05) is 18.2 Å².